The third kappa shape index (κ3) is 4.40. The molecule has 0 fully saturated rings. The van der Waals surface area contributed by atoms with Gasteiger partial charge in [0.15, 0.2) is 0 Å². The van der Waals surface area contributed by atoms with Crippen LogP contribution in [0.15, 0.2) is 0 Å². The van der Waals surface area contributed by atoms with Gasteiger partial charge in [-0.25, -0.2) is 0 Å². The highest BCUT2D eigenvalue weighted by Gasteiger charge is 2.53. The van der Waals surface area contributed by atoms with Crippen LogP contribution in [0, 0.1) is 5.41 Å². The van der Waals surface area contributed by atoms with Crippen molar-refractivity contribution in [2.24, 2.45) is 5.41 Å². The molecule has 0 rings (SSSR count). The molecule has 3 N–H and O–H groups in total. The van der Waals surface area contributed by atoms with Crippen molar-refractivity contribution in [3.05, 3.63) is 0 Å². The third-order valence-electron chi connectivity index (χ3n) is 2.91. The molecular formula is C10H18O6P+. The van der Waals surface area contributed by atoms with E-state index in [1.165, 1.54) is 6.92 Å². The molecular weight excluding hydrogens is 247 g/mol. The fourth-order valence-electron chi connectivity index (χ4n) is 1.67. The minimum atomic E-state index is -2.85. The molecule has 0 aromatic rings. The van der Waals surface area contributed by atoms with Crippen molar-refractivity contribution < 1.29 is 29.3 Å². The van der Waals surface area contributed by atoms with Crippen LogP contribution in [0.1, 0.15) is 39.5 Å². The van der Waals surface area contributed by atoms with E-state index < -0.39 is 37.5 Å². The lowest BCUT2D eigenvalue weighted by Crippen LogP contribution is -2.39. The largest absolute Gasteiger partial charge is 0.510 e. The average molecular weight is 265 g/mol. The zero-order valence-electron chi connectivity index (χ0n) is 9.92. The Hall–Kier alpha value is -1.00. The lowest BCUT2D eigenvalue weighted by Gasteiger charge is -2.25. The van der Waals surface area contributed by atoms with Gasteiger partial charge in [0, 0.05) is 0 Å². The molecule has 0 heterocycles. The summed E-state index contributed by atoms with van der Waals surface area (Å²) in [5.41, 5.74) is -2.74. The van der Waals surface area contributed by atoms with Gasteiger partial charge in [0.25, 0.3) is 0 Å². The van der Waals surface area contributed by atoms with Crippen LogP contribution < -0.4 is 0 Å². The predicted octanol–water partition coefficient (Wildman–Crippen LogP) is 1.85. The first-order valence-electron chi connectivity index (χ1n) is 5.36. The van der Waals surface area contributed by atoms with Gasteiger partial charge < -0.3 is 10.2 Å². The lowest BCUT2D eigenvalue weighted by molar-refractivity contribution is -0.149. The van der Waals surface area contributed by atoms with Crippen molar-refractivity contribution in [3.63, 3.8) is 0 Å². The van der Waals surface area contributed by atoms with E-state index in [1.807, 2.05) is 6.92 Å². The predicted molar refractivity (Wildman–Crippen MR) is 61.1 cm³/mol. The van der Waals surface area contributed by atoms with Crippen molar-refractivity contribution in [2.45, 2.75) is 45.2 Å². The van der Waals surface area contributed by atoms with Crippen LogP contribution in [0.2, 0.25) is 0 Å². The van der Waals surface area contributed by atoms with Crippen molar-refractivity contribution in [1.82, 2.24) is 0 Å². The summed E-state index contributed by atoms with van der Waals surface area (Å²) in [6.45, 7) is 3.20. The Morgan fingerprint density at radius 1 is 1.35 bits per heavy atom. The first-order valence-corrected chi connectivity index (χ1v) is 6.64. The minimum Gasteiger partial charge on any atom is -0.481 e. The van der Waals surface area contributed by atoms with E-state index >= 15 is 0 Å². The highest BCUT2D eigenvalue weighted by molar-refractivity contribution is 7.39. The Bertz CT molecular complexity index is 316. The molecule has 0 radical (unpaired) electrons. The number of aliphatic carboxylic acids is 2. The number of rotatable bonds is 8. The van der Waals surface area contributed by atoms with Crippen molar-refractivity contribution in [1.29, 1.82) is 0 Å². The Labute approximate surface area is 101 Å². The van der Waals surface area contributed by atoms with Crippen LogP contribution in [-0.2, 0) is 14.2 Å². The molecule has 0 bridgehead atoms. The first-order chi connectivity index (χ1) is 7.75. The second-order valence-electron chi connectivity index (χ2n) is 4.24. The van der Waals surface area contributed by atoms with E-state index in [1.54, 1.807) is 0 Å². The number of carbonyl (C=O) groups is 2. The summed E-state index contributed by atoms with van der Waals surface area (Å²) in [6, 6.07) is 0. The van der Waals surface area contributed by atoms with Gasteiger partial charge in [0.05, 0.1) is 6.42 Å². The van der Waals surface area contributed by atoms with Crippen LogP contribution in [0.3, 0.4) is 0 Å². The van der Waals surface area contributed by atoms with Gasteiger partial charge in [-0.3, -0.25) is 9.59 Å². The fraction of sp³-hybridized carbons (Fsp3) is 0.800. The van der Waals surface area contributed by atoms with Gasteiger partial charge in [0.2, 0.25) is 5.66 Å². The normalized spacial score (nSPS) is 17.0. The maximum Gasteiger partial charge on any atom is 0.510 e. The average Bonchev–Trinajstić information content (AvgIpc) is 2.21. The van der Waals surface area contributed by atoms with Gasteiger partial charge in [-0.15, -0.1) is 0 Å². The summed E-state index contributed by atoms with van der Waals surface area (Å²) in [5.74, 6) is -2.49. The molecule has 98 valence electrons. The monoisotopic (exact) mass is 265 g/mol. The SMILES string of the molecule is CCCCC(C)(C(=O)O)C(CC(=O)O)[P+](=O)O. The van der Waals surface area contributed by atoms with E-state index in [0.717, 1.165) is 6.42 Å². The highest BCUT2D eigenvalue weighted by atomic mass is 31.1. The minimum absolute atomic E-state index is 0.193. The molecule has 6 nitrogen and oxygen atoms in total. The van der Waals surface area contributed by atoms with Crippen LogP contribution in [-0.4, -0.2) is 32.7 Å². The molecule has 3 unspecified atom stereocenters. The van der Waals surface area contributed by atoms with E-state index in [-0.39, 0.29) is 6.42 Å². The van der Waals surface area contributed by atoms with Gasteiger partial charge in [-0.05, 0) is 17.9 Å². The van der Waals surface area contributed by atoms with E-state index in [2.05, 4.69) is 0 Å². The van der Waals surface area contributed by atoms with Crippen molar-refractivity contribution in [3.8, 4) is 0 Å². The standard InChI is InChI=1S/C10H17O6P/c1-3-4-5-10(2,9(13)14)7(17(15)16)6-8(11)12/h7H,3-6H2,1-2H3,(H2-,11,12,13,14,15,16)/p+1. The molecule has 0 aliphatic carbocycles. The molecule has 0 aliphatic rings. The topological polar surface area (TPSA) is 112 Å². The fourth-order valence-corrected chi connectivity index (χ4v) is 2.71. The molecule has 0 saturated carbocycles. The Morgan fingerprint density at radius 2 is 1.88 bits per heavy atom. The Balaban J connectivity index is 5.14. The van der Waals surface area contributed by atoms with Crippen molar-refractivity contribution in [2.75, 3.05) is 0 Å². The number of hydrogen-bond donors (Lipinski definition) is 3. The number of carboxylic acids is 2. The summed E-state index contributed by atoms with van der Waals surface area (Å²) in [7, 11) is -2.85. The Kier molecular flexibility index (Phi) is 6.27. The van der Waals surface area contributed by atoms with E-state index in [9.17, 15) is 14.2 Å². The van der Waals surface area contributed by atoms with E-state index in [4.69, 9.17) is 15.1 Å². The third-order valence-corrected chi connectivity index (χ3v) is 4.19. The number of unbranched alkanes of at least 4 members (excludes halogenated alkanes) is 1. The molecule has 0 aromatic carbocycles. The molecule has 3 atom stereocenters. The van der Waals surface area contributed by atoms with Gasteiger partial charge >= 0.3 is 20.0 Å². The second kappa shape index (κ2) is 6.67. The summed E-state index contributed by atoms with van der Waals surface area (Å²) in [5, 5.41) is 17.8. The molecule has 17 heavy (non-hydrogen) atoms. The summed E-state index contributed by atoms with van der Waals surface area (Å²) in [4.78, 5) is 31.0. The number of carboxylic acid groups (broad SMARTS) is 2. The molecule has 0 aromatic heterocycles. The lowest BCUT2D eigenvalue weighted by atomic mass is 9.80. The van der Waals surface area contributed by atoms with Gasteiger partial charge in [-0.2, -0.15) is 4.89 Å². The zero-order chi connectivity index (χ0) is 13.6. The van der Waals surface area contributed by atoms with Gasteiger partial charge in [0.1, 0.15) is 5.41 Å². The Morgan fingerprint density at radius 3 is 2.18 bits per heavy atom. The molecule has 7 heteroatoms. The van der Waals surface area contributed by atoms with Crippen LogP contribution >= 0.6 is 8.03 Å². The molecule has 0 saturated heterocycles. The maximum absolute atomic E-state index is 11.2. The second-order valence-corrected chi connectivity index (χ2v) is 5.47. The van der Waals surface area contributed by atoms with Crippen LogP contribution in [0.5, 0.6) is 0 Å². The highest BCUT2D eigenvalue weighted by Crippen LogP contribution is 2.43. The zero-order valence-corrected chi connectivity index (χ0v) is 10.8. The quantitative estimate of drug-likeness (QED) is 0.577. The first kappa shape index (κ1) is 16.0. The summed E-state index contributed by atoms with van der Waals surface area (Å²) in [6.07, 6.45) is 0.892. The van der Waals surface area contributed by atoms with Crippen molar-refractivity contribution >= 4 is 20.0 Å². The number of hydrogen-bond acceptors (Lipinski definition) is 3. The smallest absolute Gasteiger partial charge is 0.481 e. The van der Waals surface area contributed by atoms with Gasteiger partial charge in [-0.1, -0.05) is 19.8 Å². The van der Waals surface area contributed by atoms with Crippen LogP contribution in [0.4, 0.5) is 0 Å². The summed E-state index contributed by atoms with van der Waals surface area (Å²) < 4.78 is 11.2. The summed E-state index contributed by atoms with van der Waals surface area (Å²) >= 11 is 0. The van der Waals surface area contributed by atoms with Crippen LogP contribution in [0.25, 0.3) is 0 Å². The van der Waals surface area contributed by atoms with E-state index in [0.29, 0.717) is 6.42 Å². The maximum atomic E-state index is 11.2. The molecule has 0 spiro atoms. The molecule has 0 aliphatic heterocycles. The molecule has 0 amide bonds.